The lowest BCUT2D eigenvalue weighted by atomic mass is 9.91. The quantitative estimate of drug-likeness (QED) is 0.0756. The van der Waals surface area contributed by atoms with E-state index in [-0.39, 0.29) is 11.0 Å². The van der Waals surface area contributed by atoms with Crippen LogP contribution in [0.3, 0.4) is 0 Å². The van der Waals surface area contributed by atoms with E-state index < -0.39 is 19.3 Å². The van der Waals surface area contributed by atoms with Crippen molar-refractivity contribution in [1.29, 1.82) is 0 Å². The molecule has 0 saturated heterocycles. The Labute approximate surface area is 272 Å². The van der Waals surface area contributed by atoms with E-state index in [0.29, 0.717) is 12.8 Å². The number of benzene rings is 3. The summed E-state index contributed by atoms with van der Waals surface area (Å²) in [5, 5.41) is 3.52. The average molecular weight is 625 g/mol. The van der Waals surface area contributed by atoms with Crippen LogP contribution in [0.2, 0.25) is 18.1 Å². The summed E-state index contributed by atoms with van der Waals surface area (Å²) in [6.45, 7) is 19.4. The minimum absolute atomic E-state index is 0.0159. The lowest BCUT2D eigenvalue weighted by molar-refractivity contribution is -0.149. The van der Waals surface area contributed by atoms with Crippen molar-refractivity contribution < 1.29 is 14.0 Å². The van der Waals surface area contributed by atoms with Gasteiger partial charge >= 0.3 is 5.97 Å². The summed E-state index contributed by atoms with van der Waals surface area (Å²) in [6, 6.07) is 29.7. The molecule has 0 aromatic heterocycles. The van der Waals surface area contributed by atoms with E-state index in [1.54, 1.807) is 0 Å². The van der Waals surface area contributed by atoms with Crippen molar-refractivity contribution in [3.8, 4) is 0 Å². The lowest BCUT2D eigenvalue weighted by Gasteiger charge is -2.40. The van der Waals surface area contributed by atoms with E-state index in [2.05, 4.69) is 142 Å². The first-order valence-corrected chi connectivity index (χ1v) is 19.0. The number of ether oxygens (including phenoxy) is 1. The Morgan fingerprint density at radius 3 is 2.13 bits per heavy atom. The maximum atomic E-state index is 13.4. The predicted octanol–water partition coefficient (Wildman–Crippen LogP) is 8.09. The summed E-state index contributed by atoms with van der Waals surface area (Å²) in [5.74, 6) is -0.219. The van der Waals surface area contributed by atoms with Gasteiger partial charge in [-0.05, 0) is 53.2 Å². The summed E-state index contributed by atoms with van der Waals surface area (Å²) >= 11 is 0. The number of rotatable bonds is 16. The van der Waals surface area contributed by atoms with Gasteiger partial charge in [0, 0.05) is 32.7 Å². The smallest absolute Gasteiger partial charge is 0.315 e. The molecule has 240 valence electrons. The Balaban J connectivity index is 1.47. The molecule has 1 aliphatic rings. The summed E-state index contributed by atoms with van der Waals surface area (Å²) in [7, 11) is -0.692. The summed E-state index contributed by atoms with van der Waals surface area (Å²) in [5.41, 5.74) is 3.42. The van der Waals surface area contributed by atoms with Crippen LogP contribution in [0.5, 0.6) is 0 Å². The number of methoxy groups -OCH3 is 1. The van der Waals surface area contributed by atoms with Gasteiger partial charge in [-0.15, -0.1) is 6.58 Å². The van der Waals surface area contributed by atoms with E-state index in [9.17, 15) is 4.79 Å². The van der Waals surface area contributed by atoms with Gasteiger partial charge in [-0.25, -0.2) is 0 Å². The standard InChI is InChI=1S/C39H52N2O3Si/c1-8-39(44-45(6,7)37(2,3)4)31-38(39,36(42)43-5)27-34-22-17-23-35(26-34)30-41(29-33-20-13-10-14-21-33)25-16-15-24-40-28-32-18-11-9-12-19-32/h8-23,26,40H,1,24-25,27-31H2,2-7H3/b16-15+/t38-,39+/m0/s1. The van der Waals surface area contributed by atoms with Gasteiger partial charge in [0.2, 0.25) is 0 Å². The van der Waals surface area contributed by atoms with Gasteiger partial charge in [-0.1, -0.05) is 124 Å². The molecule has 45 heavy (non-hydrogen) atoms. The molecule has 0 spiro atoms. The fourth-order valence-corrected chi connectivity index (χ4v) is 7.42. The fourth-order valence-electron chi connectivity index (χ4n) is 5.85. The normalized spacial score (nSPS) is 20.0. The van der Waals surface area contributed by atoms with Crippen LogP contribution in [-0.4, -0.2) is 45.0 Å². The molecule has 6 heteroatoms. The molecule has 1 N–H and O–H groups in total. The second-order valence-electron chi connectivity index (χ2n) is 13.9. The fraction of sp³-hybridized carbons (Fsp3) is 0.410. The second kappa shape index (κ2) is 14.9. The van der Waals surface area contributed by atoms with Crippen LogP contribution in [-0.2, 0) is 40.0 Å². The van der Waals surface area contributed by atoms with E-state index in [1.165, 1.54) is 23.8 Å². The molecule has 5 nitrogen and oxygen atoms in total. The van der Waals surface area contributed by atoms with Gasteiger partial charge in [-0.2, -0.15) is 0 Å². The summed E-state index contributed by atoms with van der Waals surface area (Å²) in [4.78, 5) is 15.8. The van der Waals surface area contributed by atoms with Crippen LogP contribution in [0.15, 0.2) is 110 Å². The largest absolute Gasteiger partial charge is 0.468 e. The molecule has 1 fully saturated rings. The maximum absolute atomic E-state index is 13.4. The summed E-state index contributed by atoms with van der Waals surface area (Å²) < 4.78 is 12.3. The highest BCUT2D eigenvalue weighted by Gasteiger charge is 2.73. The highest BCUT2D eigenvalue weighted by atomic mass is 28.4. The van der Waals surface area contributed by atoms with Crippen molar-refractivity contribution in [3.05, 3.63) is 132 Å². The Morgan fingerprint density at radius 1 is 0.911 bits per heavy atom. The number of nitrogens with zero attached hydrogens (tertiary/aromatic N) is 1. The first-order chi connectivity index (χ1) is 21.4. The SMILES string of the molecule is C=C[C@@]1(O[Si](C)(C)C(C)(C)C)C[C@@]1(Cc1cccc(CN(C/C=C/CNCc2ccccc2)Cc2ccccc2)c1)C(=O)OC. The molecule has 0 aliphatic heterocycles. The van der Waals surface area contributed by atoms with Gasteiger partial charge in [-0.3, -0.25) is 9.69 Å². The van der Waals surface area contributed by atoms with Gasteiger partial charge in [0.1, 0.15) is 5.41 Å². The molecule has 3 aromatic carbocycles. The molecule has 0 heterocycles. The number of carbonyl (C=O) groups excluding carboxylic acids is 1. The van der Waals surface area contributed by atoms with Crippen LogP contribution in [0.25, 0.3) is 0 Å². The van der Waals surface area contributed by atoms with Gasteiger partial charge in [0.05, 0.1) is 12.7 Å². The molecule has 0 radical (unpaired) electrons. The molecule has 2 atom stereocenters. The third-order valence-electron chi connectivity index (χ3n) is 9.52. The highest BCUT2D eigenvalue weighted by molar-refractivity contribution is 6.74. The Bertz CT molecular complexity index is 1430. The molecule has 1 aliphatic carbocycles. The van der Waals surface area contributed by atoms with Crippen LogP contribution in [0.1, 0.15) is 49.4 Å². The first kappa shape index (κ1) is 34.6. The molecule has 0 unspecified atom stereocenters. The van der Waals surface area contributed by atoms with E-state index in [0.717, 1.165) is 38.3 Å². The Morgan fingerprint density at radius 2 is 1.51 bits per heavy atom. The van der Waals surface area contributed by atoms with E-state index >= 15 is 0 Å². The first-order valence-electron chi connectivity index (χ1n) is 16.1. The number of esters is 1. The molecule has 3 aromatic rings. The summed E-state index contributed by atoms with van der Waals surface area (Å²) in [6.07, 6.45) is 7.46. The second-order valence-corrected chi connectivity index (χ2v) is 18.7. The highest BCUT2D eigenvalue weighted by Crippen LogP contribution is 2.64. The van der Waals surface area contributed by atoms with E-state index in [1.807, 2.05) is 12.1 Å². The number of carbonyl (C=O) groups is 1. The zero-order valence-corrected chi connectivity index (χ0v) is 29.1. The van der Waals surface area contributed by atoms with Crippen molar-refractivity contribution >= 4 is 14.3 Å². The lowest BCUT2D eigenvalue weighted by Crippen LogP contribution is -2.47. The molecular formula is C39H52N2O3Si. The molecule has 0 bridgehead atoms. The van der Waals surface area contributed by atoms with Crippen molar-refractivity contribution in [2.75, 3.05) is 20.2 Å². The number of hydrogen-bond donors (Lipinski definition) is 1. The number of hydrogen-bond acceptors (Lipinski definition) is 5. The number of nitrogens with one attached hydrogen (secondary N) is 1. The van der Waals surface area contributed by atoms with E-state index in [4.69, 9.17) is 9.16 Å². The zero-order valence-electron chi connectivity index (χ0n) is 28.1. The van der Waals surface area contributed by atoms with Crippen LogP contribution in [0, 0.1) is 5.41 Å². The molecular weight excluding hydrogens is 573 g/mol. The molecule has 0 amide bonds. The third kappa shape index (κ3) is 8.70. The van der Waals surface area contributed by atoms with Crippen LogP contribution >= 0.6 is 0 Å². The van der Waals surface area contributed by atoms with Crippen molar-refractivity contribution in [1.82, 2.24) is 10.2 Å². The Kier molecular flexibility index (Phi) is 11.4. The Hall–Kier alpha value is -3.29. The van der Waals surface area contributed by atoms with Crippen LogP contribution in [0.4, 0.5) is 0 Å². The van der Waals surface area contributed by atoms with Gasteiger partial charge < -0.3 is 14.5 Å². The van der Waals surface area contributed by atoms with Crippen molar-refractivity contribution in [2.24, 2.45) is 5.41 Å². The van der Waals surface area contributed by atoms with Crippen molar-refractivity contribution in [2.45, 2.75) is 77.0 Å². The monoisotopic (exact) mass is 624 g/mol. The van der Waals surface area contributed by atoms with Crippen molar-refractivity contribution in [3.63, 3.8) is 0 Å². The van der Waals surface area contributed by atoms with Crippen LogP contribution < -0.4 is 5.32 Å². The minimum atomic E-state index is -2.17. The third-order valence-corrected chi connectivity index (χ3v) is 14.0. The zero-order chi connectivity index (χ0) is 32.6. The maximum Gasteiger partial charge on any atom is 0.315 e. The van der Waals surface area contributed by atoms with Gasteiger partial charge in [0.15, 0.2) is 8.32 Å². The average Bonchev–Trinajstić information content (AvgIpc) is 3.65. The molecule has 1 saturated carbocycles. The molecule has 4 rings (SSSR count). The minimum Gasteiger partial charge on any atom is -0.468 e. The topological polar surface area (TPSA) is 50.8 Å². The predicted molar refractivity (Wildman–Crippen MR) is 188 cm³/mol. The van der Waals surface area contributed by atoms with Gasteiger partial charge in [0.25, 0.3) is 0 Å².